The van der Waals surface area contributed by atoms with Gasteiger partial charge in [0.25, 0.3) is 5.91 Å². The van der Waals surface area contributed by atoms with Gasteiger partial charge in [-0.1, -0.05) is 42.5 Å². The van der Waals surface area contributed by atoms with Gasteiger partial charge in [0, 0.05) is 70.0 Å². The Labute approximate surface area is 299 Å². The molecule has 2 aromatic carbocycles. The first-order valence-electron chi connectivity index (χ1n) is 17.7. The third-order valence-electron chi connectivity index (χ3n) is 8.86. The highest BCUT2D eigenvalue weighted by Gasteiger charge is 2.30. The molecule has 0 radical (unpaired) electrons. The maximum absolute atomic E-state index is 13.9. The Morgan fingerprint density at radius 3 is 2.51 bits per heavy atom. The zero-order chi connectivity index (χ0) is 36.4. The zero-order valence-corrected chi connectivity index (χ0v) is 30.1. The molecule has 2 aromatic heterocycles. The van der Waals surface area contributed by atoms with Crippen molar-refractivity contribution in [1.29, 1.82) is 0 Å². The van der Waals surface area contributed by atoms with Crippen LogP contribution in [0.4, 0.5) is 4.79 Å². The van der Waals surface area contributed by atoms with Crippen LogP contribution in [-0.2, 0) is 27.2 Å². The van der Waals surface area contributed by atoms with Crippen LogP contribution in [0.3, 0.4) is 0 Å². The number of methoxy groups -OCH3 is 1. The van der Waals surface area contributed by atoms with Crippen LogP contribution in [0.25, 0.3) is 22.2 Å². The number of nitrogens with zero attached hydrogens (tertiary/aromatic N) is 4. The molecule has 3 heterocycles. The molecular formula is C39H50N6O6. The molecule has 3 N–H and O–H groups in total. The number of likely N-dealkylation sites (tertiary alicyclic amines) is 1. The van der Waals surface area contributed by atoms with Crippen molar-refractivity contribution in [3.63, 3.8) is 0 Å². The summed E-state index contributed by atoms with van der Waals surface area (Å²) in [4.78, 5) is 50.2. The molecule has 51 heavy (non-hydrogen) atoms. The number of pyridine rings is 1. The van der Waals surface area contributed by atoms with E-state index in [4.69, 9.17) is 19.6 Å². The fourth-order valence-corrected chi connectivity index (χ4v) is 6.49. The minimum Gasteiger partial charge on any atom is -0.444 e. The maximum Gasteiger partial charge on any atom is 0.407 e. The summed E-state index contributed by atoms with van der Waals surface area (Å²) in [6.07, 6.45) is 4.31. The monoisotopic (exact) mass is 698 g/mol. The van der Waals surface area contributed by atoms with E-state index in [1.807, 2.05) is 74.2 Å². The van der Waals surface area contributed by atoms with Gasteiger partial charge in [0.05, 0.1) is 17.6 Å². The minimum atomic E-state index is -0.682. The van der Waals surface area contributed by atoms with E-state index in [0.717, 1.165) is 59.4 Å². The Balaban J connectivity index is 1.28. The van der Waals surface area contributed by atoms with Crippen LogP contribution in [-0.4, -0.2) is 94.0 Å². The maximum atomic E-state index is 13.9. The van der Waals surface area contributed by atoms with Crippen molar-refractivity contribution in [3.05, 3.63) is 83.9 Å². The third-order valence-corrected chi connectivity index (χ3v) is 8.86. The fourth-order valence-electron chi connectivity index (χ4n) is 6.49. The largest absolute Gasteiger partial charge is 0.444 e. The lowest BCUT2D eigenvalue weighted by Gasteiger charge is -2.34. The molecule has 272 valence electrons. The Morgan fingerprint density at radius 2 is 1.80 bits per heavy atom. The number of aliphatic hydroxyl groups is 1. The van der Waals surface area contributed by atoms with E-state index in [9.17, 15) is 14.4 Å². The predicted molar refractivity (Wildman–Crippen MR) is 195 cm³/mol. The molecule has 0 aliphatic carbocycles. The number of carbonyl (C=O) groups is 3. The van der Waals surface area contributed by atoms with Crippen LogP contribution in [0, 0.1) is 0 Å². The van der Waals surface area contributed by atoms with Crippen LogP contribution in [0.15, 0.2) is 66.9 Å². The summed E-state index contributed by atoms with van der Waals surface area (Å²) in [7, 11) is 1.71. The van der Waals surface area contributed by atoms with E-state index in [1.165, 1.54) is 0 Å². The van der Waals surface area contributed by atoms with Gasteiger partial charge in [0.1, 0.15) is 17.1 Å². The second kappa shape index (κ2) is 17.4. The minimum absolute atomic E-state index is 0.0198. The van der Waals surface area contributed by atoms with Gasteiger partial charge in [0.2, 0.25) is 5.91 Å². The average molecular weight is 699 g/mol. The summed E-state index contributed by atoms with van der Waals surface area (Å²) in [5.41, 5.74) is 4.33. The first-order chi connectivity index (χ1) is 24.5. The van der Waals surface area contributed by atoms with Crippen molar-refractivity contribution >= 4 is 28.9 Å². The van der Waals surface area contributed by atoms with Gasteiger partial charge < -0.3 is 34.7 Å². The molecule has 1 aliphatic rings. The normalized spacial score (nSPS) is 15.4. The van der Waals surface area contributed by atoms with E-state index < -0.39 is 17.7 Å². The van der Waals surface area contributed by atoms with E-state index >= 15 is 0 Å². The van der Waals surface area contributed by atoms with Gasteiger partial charge in [-0.25, -0.2) is 9.78 Å². The molecule has 0 bridgehead atoms. The predicted octanol–water partition coefficient (Wildman–Crippen LogP) is 5.09. The Bertz CT molecular complexity index is 1770. The highest BCUT2D eigenvalue weighted by Crippen LogP contribution is 2.30. The van der Waals surface area contributed by atoms with Crippen molar-refractivity contribution in [2.24, 2.45) is 0 Å². The third kappa shape index (κ3) is 10.4. The Kier molecular flexibility index (Phi) is 12.8. The number of nitrogens with one attached hydrogen (secondary N) is 2. The fraction of sp³-hybridized carbons (Fsp3) is 0.462. The summed E-state index contributed by atoms with van der Waals surface area (Å²) >= 11 is 0. The molecule has 2 atom stereocenters. The molecule has 0 unspecified atom stereocenters. The number of fused-ring (bicyclic) bond motifs is 1. The molecule has 5 rings (SSSR count). The average Bonchev–Trinajstić information content (AvgIpc) is 3.49. The Morgan fingerprint density at radius 1 is 1.04 bits per heavy atom. The molecule has 12 heteroatoms. The van der Waals surface area contributed by atoms with E-state index in [-0.39, 0.29) is 43.0 Å². The van der Waals surface area contributed by atoms with Gasteiger partial charge >= 0.3 is 6.09 Å². The topological polar surface area (TPSA) is 148 Å². The summed E-state index contributed by atoms with van der Waals surface area (Å²) in [5.74, 6) is 0.736. The smallest absolute Gasteiger partial charge is 0.407 e. The standard InChI is InChI=1S/C39H50N6O6/c1-39(2,3)51-38(49)42-31(23-27-12-14-28(15-13-27)29-16-17-33(41-25-29)37(48)40-18-21-46)24-35(47)44-19-7-9-30(26-44)36-43-32-10-5-6-11-34(32)45(36)20-8-22-50-4/h5-6,10-17,25,30-31,46H,7-9,18-24,26H2,1-4H3,(H,40,48)(H,42,49)/t30-,31-/m1/s1. The summed E-state index contributed by atoms with van der Waals surface area (Å²) in [6, 6.07) is 19.0. The Hall–Kier alpha value is -4.81. The zero-order valence-electron chi connectivity index (χ0n) is 30.1. The highest BCUT2D eigenvalue weighted by atomic mass is 16.6. The number of para-hydroxylation sites is 2. The van der Waals surface area contributed by atoms with Gasteiger partial charge in [-0.05, 0) is 75.8 Å². The number of amides is 3. The van der Waals surface area contributed by atoms with Gasteiger partial charge in [-0.3, -0.25) is 14.6 Å². The van der Waals surface area contributed by atoms with Crippen molar-refractivity contribution in [3.8, 4) is 11.1 Å². The number of hydrogen-bond donors (Lipinski definition) is 3. The first-order valence-corrected chi connectivity index (χ1v) is 17.7. The van der Waals surface area contributed by atoms with Gasteiger partial charge in [0.15, 0.2) is 0 Å². The van der Waals surface area contributed by atoms with Crippen molar-refractivity contribution in [1.82, 2.24) is 30.1 Å². The summed E-state index contributed by atoms with van der Waals surface area (Å²) < 4.78 is 13.2. The molecule has 0 spiro atoms. The van der Waals surface area contributed by atoms with E-state index in [0.29, 0.717) is 26.1 Å². The van der Waals surface area contributed by atoms with Crippen LogP contribution >= 0.6 is 0 Å². The first kappa shape index (κ1) is 37.4. The number of ether oxygens (including phenoxy) is 2. The van der Waals surface area contributed by atoms with Crippen molar-refractivity contribution < 1.29 is 29.0 Å². The van der Waals surface area contributed by atoms with Crippen LogP contribution in [0.2, 0.25) is 0 Å². The molecular weight excluding hydrogens is 648 g/mol. The lowest BCUT2D eigenvalue weighted by molar-refractivity contribution is -0.133. The number of aryl methyl sites for hydroxylation is 1. The quantitative estimate of drug-likeness (QED) is 0.154. The van der Waals surface area contributed by atoms with E-state index in [2.05, 4.69) is 26.3 Å². The lowest BCUT2D eigenvalue weighted by Crippen LogP contribution is -2.46. The number of benzene rings is 2. The summed E-state index contributed by atoms with van der Waals surface area (Å²) in [5, 5.41) is 14.5. The van der Waals surface area contributed by atoms with Crippen LogP contribution in [0.1, 0.15) is 74.2 Å². The molecule has 4 aromatic rings. The van der Waals surface area contributed by atoms with Crippen molar-refractivity contribution in [2.45, 2.75) is 77.0 Å². The van der Waals surface area contributed by atoms with Gasteiger partial charge in [-0.15, -0.1) is 0 Å². The molecule has 0 saturated carbocycles. The number of imidazole rings is 1. The van der Waals surface area contributed by atoms with Gasteiger partial charge in [-0.2, -0.15) is 0 Å². The second-order valence-corrected chi connectivity index (χ2v) is 14.0. The van der Waals surface area contributed by atoms with E-state index in [1.54, 1.807) is 19.4 Å². The number of piperidine rings is 1. The molecule has 3 amide bonds. The number of alkyl carbamates (subject to hydrolysis) is 1. The SMILES string of the molecule is COCCCn1c([C@@H]2CCCN(C(=O)C[C@@H](Cc3ccc(-c4ccc(C(=O)NCCO)nc4)cc3)NC(=O)OC(C)(C)C)C2)nc2ccccc21. The van der Waals surface area contributed by atoms with Crippen LogP contribution in [0.5, 0.6) is 0 Å². The number of aromatic nitrogens is 3. The molecule has 1 fully saturated rings. The number of hydrogen-bond acceptors (Lipinski definition) is 8. The van der Waals surface area contributed by atoms with Crippen LogP contribution < -0.4 is 10.6 Å². The number of aliphatic hydroxyl groups excluding tert-OH is 1. The number of rotatable bonds is 14. The molecule has 1 aliphatic heterocycles. The second-order valence-electron chi connectivity index (χ2n) is 14.0. The number of carbonyl (C=O) groups excluding carboxylic acids is 3. The molecule has 12 nitrogen and oxygen atoms in total. The highest BCUT2D eigenvalue weighted by molar-refractivity contribution is 5.92. The lowest BCUT2D eigenvalue weighted by atomic mass is 9.95. The van der Waals surface area contributed by atoms with Crippen molar-refractivity contribution in [2.75, 3.05) is 40.0 Å². The summed E-state index contributed by atoms with van der Waals surface area (Å²) in [6.45, 7) is 8.13. The molecule has 1 saturated heterocycles.